The maximum atomic E-state index is 13.1. The predicted molar refractivity (Wildman–Crippen MR) is 130 cm³/mol. The maximum absolute atomic E-state index is 13.1. The van der Waals surface area contributed by atoms with Gasteiger partial charge in [-0.3, -0.25) is 4.79 Å². The van der Waals surface area contributed by atoms with Crippen molar-refractivity contribution >= 4 is 41.0 Å². The van der Waals surface area contributed by atoms with E-state index in [9.17, 15) is 22.8 Å². The zero-order valence-electron chi connectivity index (χ0n) is 18.8. The molecular weight excluding hydrogens is 497 g/mol. The number of nitrogens with zero attached hydrogens (tertiary/aromatic N) is 2. The number of alkyl halides is 3. The average molecular weight is 515 g/mol. The van der Waals surface area contributed by atoms with E-state index in [4.69, 9.17) is 20.8 Å². The molecule has 6 nitrogen and oxygen atoms in total. The quantitative estimate of drug-likeness (QED) is 0.207. The molecule has 0 spiro atoms. The van der Waals surface area contributed by atoms with Gasteiger partial charge in [-0.1, -0.05) is 30.3 Å². The number of amides is 1. The van der Waals surface area contributed by atoms with Gasteiger partial charge in [-0.25, -0.2) is 4.79 Å². The number of rotatable bonds is 6. The first-order valence-corrected chi connectivity index (χ1v) is 10.9. The van der Waals surface area contributed by atoms with Gasteiger partial charge in [-0.15, -0.1) is 0 Å². The second-order valence-electron chi connectivity index (χ2n) is 7.69. The van der Waals surface area contributed by atoms with Gasteiger partial charge in [-0.2, -0.15) is 23.3 Å². The summed E-state index contributed by atoms with van der Waals surface area (Å²) in [6, 6.07) is 12.3. The van der Waals surface area contributed by atoms with Gasteiger partial charge in [0.2, 0.25) is 0 Å². The van der Waals surface area contributed by atoms with Crippen LogP contribution in [0, 0.1) is 0 Å². The highest BCUT2D eigenvalue weighted by Crippen LogP contribution is 2.34. The third-order valence-corrected chi connectivity index (χ3v) is 5.53. The number of halogens is 4. The number of anilines is 1. The zero-order chi connectivity index (χ0) is 26.0. The molecule has 2 aromatic carbocycles. The maximum Gasteiger partial charge on any atom is 0.416 e. The van der Waals surface area contributed by atoms with Crippen LogP contribution in [0.3, 0.4) is 0 Å². The minimum Gasteiger partial charge on any atom is -0.458 e. The number of hydrogen-bond donors (Lipinski definition) is 0. The predicted octanol–water partition coefficient (Wildman–Crippen LogP) is 6.77. The molecule has 2 heterocycles. The highest BCUT2D eigenvalue weighted by atomic mass is 35.5. The smallest absolute Gasteiger partial charge is 0.416 e. The minimum absolute atomic E-state index is 0.00487. The van der Waals surface area contributed by atoms with Crippen LogP contribution in [0.15, 0.2) is 82.3 Å². The number of esters is 1. The summed E-state index contributed by atoms with van der Waals surface area (Å²) >= 11 is 6.12. The summed E-state index contributed by atoms with van der Waals surface area (Å²) < 4.78 is 50.1. The molecule has 0 bridgehead atoms. The van der Waals surface area contributed by atoms with Gasteiger partial charge in [0.1, 0.15) is 18.1 Å². The van der Waals surface area contributed by atoms with E-state index in [1.54, 1.807) is 25.1 Å². The lowest BCUT2D eigenvalue weighted by atomic mass is 10.1. The lowest BCUT2D eigenvalue weighted by molar-refractivity contribution is -0.137. The molecule has 36 heavy (non-hydrogen) atoms. The molecule has 1 aromatic heterocycles. The first-order valence-electron chi connectivity index (χ1n) is 10.5. The Bertz CT molecular complexity index is 1420. The molecule has 0 saturated carbocycles. The third-order valence-electron chi connectivity index (χ3n) is 5.20. The normalized spacial score (nSPS) is 14.8. The second-order valence-corrected chi connectivity index (χ2v) is 8.10. The molecule has 0 fully saturated rings. The number of furan rings is 1. The first-order chi connectivity index (χ1) is 17.1. The molecule has 184 valence electrons. The van der Waals surface area contributed by atoms with Crippen LogP contribution >= 0.6 is 11.6 Å². The van der Waals surface area contributed by atoms with Gasteiger partial charge < -0.3 is 9.15 Å². The monoisotopic (exact) mass is 514 g/mol. The minimum atomic E-state index is -4.55. The summed E-state index contributed by atoms with van der Waals surface area (Å²) in [7, 11) is 0. The van der Waals surface area contributed by atoms with E-state index in [0.717, 1.165) is 17.1 Å². The van der Waals surface area contributed by atoms with Crippen molar-refractivity contribution in [3.63, 3.8) is 0 Å². The van der Waals surface area contributed by atoms with E-state index >= 15 is 0 Å². The van der Waals surface area contributed by atoms with E-state index in [1.165, 1.54) is 36.4 Å². The Hall–Kier alpha value is -4.11. The standard InChI is InChI=1S/C26H18ClF3N2O4/c1-3-11-35-25(34)21-12-16(7-9-22(21)27)23-10-8-19(36-23)14-20-15(2)31-32(24(20)33)18-6-4-5-17(13-18)26(28,29)30/h3-10,12-14H,1,11H2,2H3/b20-14+. The Morgan fingerprint density at radius 3 is 2.69 bits per heavy atom. The van der Waals surface area contributed by atoms with Gasteiger partial charge in [0.05, 0.1) is 33.1 Å². The van der Waals surface area contributed by atoms with E-state index < -0.39 is 23.6 Å². The number of benzene rings is 2. The number of hydrogen-bond acceptors (Lipinski definition) is 5. The Morgan fingerprint density at radius 1 is 1.19 bits per heavy atom. The fourth-order valence-electron chi connectivity index (χ4n) is 3.45. The zero-order valence-corrected chi connectivity index (χ0v) is 19.6. The number of carbonyl (C=O) groups is 2. The molecule has 0 unspecified atom stereocenters. The largest absolute Gasteiger partial charge is 0.458 e. The van der Waals surface area contributed by atoms with Crippen LogP contribution in [-0.4, -0.2) is 24.2 Å². The van der Waals surface area contributed by atoms with Crippen molar-refractivity contribution < 1.29 is 31.9 Å². The van der Waals surface area contributed by atoms with E-state index in [1.807, 2.05) is 0 Å². The van der Waals surface area contributed by atoms with Crippen LogP contribution in [0.2, 0.25) is 5.02 Å². The third kappa shape index (κ3) is 5.11. The summed E-state index contributed by atoms with van der Waals surface area (Å²) in [5, 5.41) is 5.25. The number of hydrazone groups is 1. The highest BCUT2D eigenvalue weighted by molar-refractivity contribution is 6.33. The molecule has 0 atom stereocenters. The first kappa shape index (κ1) is 25.0. The molecule has 1 aliphatic rings. The van der Waals surface area contributed by atoms with Crippen LogP contribution in [0.1, 0.15) is 28.6 Å². The van der Waals surface area contributed by atoms with Gasteiger partial charge in [0, 0.05) is 5.56 Å². The molecule has 3 aromatic rings. The van der Waals surface area contributed by atoms with Gasteiger partial charge in [-0.05, 0) is 61.5 Å². The van der Waals surface area contributed by atoms with Crippen LogP contribution in [0.4, 0.5) is 18.9 Å². The van der Waals surface area contributed by atoms with Gasteiger partial charge in [0.25, 0.3) is 5.91 Å². The molecule has 1 amide bonds. The average Bonchev–Trinajstić information content (AvgIpc) is 3.42. The van der Waals surface area contributed by atoms with E-state index in [-0.39, 0.29) is 28.5 Å². The molecule has 0 aliphatic carbocycles. The Balaban J connectivity index is 1.59. The fourth-order valence-corrected chi connectivity index (χ4v) is 3.64. The molecule has 0 radical (unpaired) electrons. The van der Waals surface area contributed by atoms with Crippen molar-refractivity contribution in [3.8, 4) is 11.3 Å². The van der Waals surface area contributed by atoms with Crippen molar-refractivity contribution in [2.45, 2.75) is 13.1 Å². The second kappa shape index (κ2) is 9.87. The van der Waals surface area contributed by atoms with Crippen LogP contribution in [0.25, 0.3) is 17.4 Å². The summed E-state index contributed by atoms with van der Waals surface area (Å²) in [5.41, 5.74) is 0.285. The van der Waals surface area contributed by atoms with Crippen LogP contribution in [0.5, 0.6) is 0 Å². The Morgan fingerprint density at radius 2 is 1.97 bits per heavy atom. The van der Waals surface area contributed by atoms with Gasteiger partial charge >= 0.3 is 12.1 Å². The van der Waals surface area contributed by atoms with Crippen molar-refractivity contribution in [3.05, 3.63) is 94.7 Å². The summed E-state index contributed by atoms with van der Waals surface area (Å²) in [6.45, 7) is 5.10. The SMILES string of the molecule is C=CCOC(=O)c1cc(-c2ccc(/C=C3/C(=O)N(c4cccc(C(F)(F)F)c4)N=C3C)o2)ccc1Cl. The van der Waals surface area contributed by atoms with Crippen molar-refractivity contribution in [1.82, 2.24) is 0 Å². The molecular formula is C26H18ClF3N2O4. The van der Waals surface area contributed by atoms with Crippen molar-refractivity contribution in [1.29, 1.82) is 0 Å². The van der Waals surface area contributed by atoms with Crippen molar-refractivity contribution in [2.75, 3.05) is 11.6 Å². The van der Waals surface area contributed by atoms with Crippen LogP contribution in [-0.2, 0) is 15.7 Å². The summed E-state index contributed by atoms with van der Waals surface area (Å²) in [6.07, 6.45) is -1.66. The Labute approximate surface area is 208 Å². The van der Waals surface area contributed by atoms with E-state index in [2.05, 4.69) is 11.7 Å². The molecule has 1 aliphatic heterocycles. The van der Waals surface area contributed by atoms with Gasteiger partial charge in [0.15, 0.2) is 0 Å². The number of carbonyl (C=O) groups excluding carboxylic acids is 2. The molecule has 0 N–H and O–H groups in total. The van der Waals surface area contributed by atoms with Crippen molar-refractivity contribution in [2.24, 2.45) is 5.10 Å². The molecule has 4 rings (SSSR count). The Kier molecular flexibility index (Phi) is 6.85. The van der Waals surface area contributed by atoms with Crippen LogP contribution < -0.4 is 5.01 Å². The highest BCUT2D eigenvalue weighted by Gasteiger charge is 2.33. The molecule has 10 heteroatoms. The fraction of sp³-hybridized carbons (Fsp3) is 0.115. The lowest BCUT2D eigenvalue weighted by Crippen LogP contribution is -2.21. The molecule has 0 saturated heterocycles. The number of ether oxygens (including phenoxy) is 1. The lowest BCUT2D eigenvalue weighted by Gasteiger charge is -2.14. The summed E-state index contributed by atoms with van der Waals surface area (Å²) in [5.74, 6) is -0.511. The summed E-state index contributed by atoms with van der Waals surface area (Å²) in [4.78, 5) is 25.2. The topological polar surface area (TPSA) is 72.1 Å². The van der Waals surface area contributed by atoms with E-state index in [0.29, 0.717) is 22.8 Å².